The maximum absolute atomic E-state index is 10.7. The molecule has 3 rings (SSSR count). The van der Waals surface area contributed by atoms with Crippen LogP contribution in [0.4, 0.5) is 0 Å². The molecule has 0 atom stereocenters. The lowest BCUT2D eigenvalue weighted by Crippen LogP contribution is -2.01. The van der Waals surface area contributed by atoms with E-state index in [1.807, 2.05) is 26.0 Å². The topological polar surface area (TPSA) is 59.4 Å². The van der Waals surface area contributed by atoms with Crippen molar-refractivity contribution in [2.75, 3.05) is 0 Å². The highest BCUT2D eigenvalue weighted by Gasteiger charge is 2.12. The number of carbonyl (C=O) groups is 1. The Bertz CT molecular complexity index is 923. The van der Waals surface area contributed by atoms with Gasteiger partial charge in [-0.05, 0) is 72.4 Å². The number of pyridine rings is 1. The summed E-state index contributed by atoms with van der Waals surface area (Å²) in [7, 11) is 0. The lowest BCUT2D eigenvalue weighted by Gasteiger charge is -2.16. The van der Waals surface area contributed by atoms with Gasteiger partial charge in [-0.1, -0.05) is 18.2 Å². The number of hydrogen-bond donors (Lipinski definition) is 1. The summed E-state index contributed by atoms with van der Waals surface area (Å²) < 4.78 is 5.78. The number of carbonyl (C=O) groups excluding carboxylic acids is 1. The molecule has 1 heterocycles. The molecule has 2 aromatic carbocycles. The largest absolute Gasteiger partial charge is 0.508 e. The molecule has 0 spiro atoms. The average Bonchev–Trinajstić information content (AvgIpc) is 2.61. The average molecular weight is 347 g/mol. The van der Waals surface area contributed by atoms with Crippen molar-refractivity contribution in [3.8, 4) is 22.8 Å². The van der Waals surface area contributed by atoms with Crippen LogP contribution in [0.3, 0.4) is 0 Å². The summed E-state index contributed by atoms with van der Waals surface area (Å²) in [5, 5.41) is 9.79. The van der Waals surface area contributed by atoms with Gasteiger partial charge in [-0.3, -0.25) is 4.79 Å². The molecule has 4 heteroatoms. The second-order valence-corrected chi connectivity index (χ2v) is 6.38. The highest BCUT2D eigenvalue weighted by Crippen LogP contribution is 2.34. The first-order chi connectivity index (χ1) is 12.5. The standard InChI is InChI=1S/C22H21NO3/c1-14-9-19(25)10-15(2)22(14)20-6-4-5-18(16(20)3)13-26-21-8-7-17(12-24)11-23-21/h4-12,25H,13H2,1-3H3. The molecule has 1 N–H and O–H groups in total. The highest BCUT2D eigenvalue weighted by molar-refractivity contribution is 5.75. The van der Waals surface area contributed by atoms with E-state index in [4.69, 9.17) is 4.74 Å². The molecule has 0 aliphatic rings. The van der Waals surface area contributed by atoms with Gasteiger partial charge in [0.25, 0.3) is 0 Å². The summed E-state index contributed by atoms with van der Waals surface area (Å²) in [5.41, 5.74) is 7.06. The van der Waals surface area contributed by atoms with Crippen molar-refractivity contribution >= 4 is 6.29 Å². The Morgan fingerprint density at radius 3 is 2.42 bits per heavy atom. The zero-order valence-electron chi connectivity index (χ0n) is 15.1. The van der Waals surface area contributed by atoms with Gasteiger partial charge in [0, 0.05) is 17.8 Å². The van der Waals surface area contributed by atoms with Crippen molar-refractivity contribution in [1.29, 1.82) is 0 Å². The molecule has 0 aliphatic carbocycles. The third-order valence-corrected chi connectivity index (χ3v) is 4.50. The number of aromatic nitrogens is 1. The lowest BCUT2D eigenvalue weighted by atomic mass is 9.90. The van der Waals surface area contributed by atoms with Crippen LogP contribution in [0, 0.1) is 20.8 Å². The summed E-state index contributed by atoms with van der Waals surface area (Å²) in [4.78, 5) is 14.8. The van der Waals surface area contributed by atoms with Crippen LogP contribution >= 0.6 is 0 Å². The Kier molecular flexibility index (Phi) is 5.03. The monoisotopic (exact) mass is 347 g/mol. The number of aldehydes is 1. The fourth-order valence-electron chi connectivity index (χ4n) is 3.17. The fourth-order valence-corrected chi connectivity index (χ4v) is 3.17. The van der Waals surface area contributed by atoms with Crippen LogP contribution in [0.1, 0.15) is 32.6 Å². The first-order valence-electron chi connectivity index (χ1n) is 8.42. The van der Waals surface area contributed by atoms with Gasteiger partial charge in [-0.25, -0.2) is 4.98 Å². The molecule has 0 amide bonds. The summed E-state index contributed by atoms with van der Waals surface area (Å²) in [5.74, 6) is 0.767. The summed E-state index contributed by atoms with van der Waals surface area (Å²) in [6, 6.07) is 13.1. The molecule has 0 bridgehead atoms. The van der Waals surface area contributed by atoms with E-state index < -0.39 is 0 Å². The van der Waals surface area contributed by atoms with E-state index in [0.717, 1.165) is 39.7 Å². The third-order valence-electron chi connectivity index (χ3n) is 4.50. The molecule has 0 saturated carbocycles. The van der Waals surface area contributed by atoms with E-state index in [2.05, 4.69) is 18.0 Å². The maximum Gasteiger partial charge on any atom is 0.213 e. The van der Waals surface area contributed by atoms with E-state index in [1.165, 1.54) is 6.20 Å². The minimum Gasteiger partial charge on any atom is -0.508 e. The van der Waals surface area contributed by atoms with Gasteiger partial charge >= 0.3 is 0 Å². The molecule has 0 radical (unpaired) electrons. The number of rotatable bonds is 5. The second-order valence-electron chi connectivity index (χ2n) is 6.38. The number of benzene rings is 2. The smallest absolute Gasteiger partial charge is 0.213 e. The predicted octanol–water partition coefficient (Wildman–Crippen LogP) is 4.77. The number of ether oxygens (including phenoxy) is 1. The summed E-state index contributed by atoms with van der Waals surface area (Å²) >= 11 is 0. The number of phenolic OH excluding ortho intramolecular Hbond substituents is 1. The quantitative estimate of drug-likeness (QED) is 0.675. The third kappa shape index (κ3) is 3.59. The van der Waals surface area contributed by atoms with E-state index in [-0.39, 0.29) is 5.75 Å². The number of aryl methyl sites for hydroxylation is 2. The van der Waals surface area contributed by atoms with Gasteiger partial charge in [0.15, 0.2) is 6.29 Å². The van der Waals surface area contributed by atoms with E-state index in [9.17, 15) is 9.90 Å². The molecule has 1 aromatic heterocycles. The minimum atomic E-state index is 0.283. The molecule has 26 heavy (non-hydrogen) atoms. The van der Waals surface area contributed by atoms with Crippen LogP contribution < -0.4 is 4.74 Å². The molecular formula is C22H21NO3. The van der Waals surface area contributed by atoms with Crippen molar-refractivity contribution in [3.05, 3.63) is 76.5 Å². The minimum absolute atomic E-state index is 0.283. The van der Waals surface area contributed by atoms with Crippen LogP contribution in [0.2, 0.25) is 0 Å². The van der Waals surface area contributed by atoms with Crippen molar-refractivity contribution < 1.29 is 14.6 Å². The Hall–Kier alpha value is -3.14. The Morgan fingerprint density at radius 1 is 1.08 bits per heavy atom. The van der Waals surface area contributed by atoms with Gasteiger partial charge in [0.05, 0.1) is 0 Å². The van der Waals surface area contributed by atoms with Gasteiger partial charge in [-0.2, -0.15) is 0 Å². The molecule has 0 unspecified atom stereocenters. The summed E-state index contributed by atoms with van der Waals surface area (Å²) in [6.45, 7) is 6.47. The molecule has 0 saturated heterocycles. The predicted molar refractivity (Wildman–Crippen MR) is 102 cm³/mol. The number of nitrogens with zero attached hydrogens (tertiary/aromatic N) is 1. The molecule has 132 valence electrons. The number of phenols is 1. The van der Waals surface area contributed by atoms with Crippen molar-refractivity contribution in [2.24, 2.45) is 0 Å². The maximum atomic E-state index is 10.7. The lowest BCUT2D eigenvalue weighted by molar-refractivity contribution is 0.112. The first kappa shape index (κ1) is 17.7. The first-order valence-corrected chi connectivity index (χ1v) is 8.42. The number of hydrogen-bond acceptors (Lipinski definition) is 4. The van der Waals surface area contributed by atoms with Crippen LogP contribution in [0.5, 0.6) is 11.6 Å². The Labute approximate surface area is 153 Å². The van der Waals surface area contributed by atoms with Crippen molar-refractivity contribution in [1.82, 2.24) is 4.98 Å². The zero-order chi connectivity index (χ0) is 18.7. The van der Waals surface area contributed by atoms with Crippen molar-refractivity contribution in [2.45, 2.75) is 27.4 Å². The Morgan fingerprint density at radius 2 is 1.81 bits per heavy atom. The van der Waals surface area contributed by atoms with Crippen LogP contribution in [0.15, 0.2) is 48.7 Å². The van der Waals surface area contributed by atoms with Crippen LogP contribution in [0.25, 0.3) is 11.1 Å². The molecule has 4 nitrogen and oxygen atoms in total. The fraction of sp³-hybridized carbons (Fsp3) is 0.182. The van der Waals surface area contributed by atoms with E-state index >= 15 is 0 Å². The van der Waals surface area contributed by atoms with Gasteiger partial charge in [-0.15, -0.1) is 0 Å². The van der Waals surface area contributed by atoms with Gasteiger partial charge < -0.3 is 9.84 Å². The van der Waals surface area contributed by atoms with Gasteiger partial charge in [0.2, 0.25) is 5.88 Å². The van der Waals surface area contributed by atoms with Crippen LogP contribution in [-0.2, 0) is 6.61 Å². The van der Waals surface area contributed by atoms with Crippen molar-refractivity contribution in [3.63, 3.8) is 0 Å². The molecule has 3 aromatic rings. The number of aromatic hydroxyl groups is 1. The Balaban J connectivity index is 1.89. The highest BCUT2D eigenvalue weighted by atomic mass is 16.5. The summed E-state index contributed by atoms with van der Waals surface area (Å²) in [6.07, 6.45) is 2.25. The van der Waals surface area contributed by atoms with E-state index in [0.29, 0.717) is 18.1 Å². The molecule has 0 fully saturated rings. The normalized spacial score (nSPS) is 10.6. The molecule has 0 aliphatic heterocycles. The molecular weight excluding hydrogens is 326 g/mol. The SMILES string of the molecule is Cc1cc(O)cc(C)c1-c1cccc(COc2ccc(C=O)cn2)c1C. The zero-order valence-corrected chi connectivity index (χ0v) is 15.1. The second kappa shape index (κ2) is 7.40. The van der Waals surface area contributed by atoms with Crippen LogP contribution in [-0.4, -0.2) is 16.4 Å². The van der Waals surface area contributed by atoms with E-state index in [1.54, 1.807) is 24.3 Å². The van der Waals surface area contributed by atoms with Gasteiger partial charge in [0.1, 0.15) is 12.4 Å².